The van der Waals surface area contributed by atoms with Gasteiger partial charge in [-0.05, 0) is 24.3 Å². The van der Waals surface area contributed by atoms with Crippen molar-refractivity contribution >= 4 is 11.6 Å². The minimum atomic E-state index is -4.93. The van der Waals surface area contributed by atoms with Crippen LogP contribution in [0.1, 0.15) is 0 Å². The van der Waals surface area contributed by atoms with Crippen molar-refractivity contribution < 1.29 is 31.1 Å². The number of hydrogen-bond acceptors (Lipinski definition) is 4. The lowest BCUT2D eigenvalue weighted by molar-refractivity contribution is -0.274. The second-order valence-electron chi connectivity index (χ2n) is 4.84. The van der Waals surface area contributed by atoms with Crippen LogP contribution < -0.4 is 10.5 Å². The van der Waals surface area contributed by atoms with Crippen molar-refractivity contribution in [2.75, 3.05) is 0 Å². The van der Waals surface area contributed by atoms with Gasteiger partial charge in [-0.15, -0.1) is 18.3 Å². The molecule has 0 atom stereocenters. The van der Waals surface area contributed by atoms with Crippen LogP contribution in [0, 0.1) is 11.6 Å². The molecule has 5 nitrogen and oxygen atoms in total. The molecule has 0 aliphatic heterocycles. The minimum absolute atomic E-state index is 0.169. The molecule has 2 aromatic carbocycles. The largest absolute Gasteiger partial charge is 0.573 e. The fourth-order valence-electron chi connectivity index (χ4n) is 2.09. The Morgan fingerprint density at radius 3 is 2.35 bits per heavy atom. The van der Waals surface area contributed by atoms with E-state index in [9.17, 15) is 26.7 Å². The highest BCUT2D eigenvalue weighted by Gasteiger charge is 2.31. The first kappa shape index (κ1) is 17.9. The molecular weight excluding hydrogens is 387 g/mol. The smallest absolute Gasteiger partial charge is 0.406 e. The molecule has 0 aliphatic rings. The van der Waals surface area contributed by atoms with E-state index in [-0.39, 0.29) is 10.7 Å². The van der Waals surface area contributed by atoms with Gasteiger partial charge in [-0.2, -0.15) is 4.68 Å². The lowest BCUT2D eigenvalue weighted by Gasteiger charge is -2.10. The van der Waals surface area contributed by atoms with Gasteiger partial charge >= 0.3 is 12.1 Å². The van der Waals surface area contributed by atoms with Gasteiger partial charge in [-0.3, -0.25) is 0 Å². The molecule has 0 saturated heterocycles. The highest BCUT2D eigenvalue weighted by molar-refractivity contribution is 6.32. The summed E-state index contributed by atoms with van der Waals surface area (Å²) in [5.74, 6) is -4.45. The summed E-state index contributed by atoms with van der Waals surface area (Å²) in [5, 5.41) is 3.32. The maximum atomic E-state index is 13.8. The first-order valence-corrected chi connectivity index (χ1v) is 7.14. The van der Waals surface area contributed by atoms with Crippen molar-refractivity contribution in [2.24, 2.45) is 0 Å². The molecule has 0 spiro atoms. The van der Waals surface area contributed by atoms with E-state index < -0.39 is 41.0 Å². The second-order valence-corrected chi connectivity index (χ2v) is 5.25. The summed E-state index contributed by atoms with van der Waals surface area (Å²) in [6, 6.07) is 5.68. The van der Waals surface area contributed by atoms with Gasteiger partial charge in [0.25, 0.3) is 5.89 Å². The SMILES string of the molecule is O=c1oc(-c2c(F)cccc2F)nn1-c1ccc(OC(F)(F)F)cc1Cl. The van der Waals surface area contributed by atoms with E-state index in [1.54, 1.807) is 0 Å². The monoisotopic (exact) mass is 392 g/mol. The zero-order valence-corrected chi connectivity index (χ0v) is 13.1. The van der Waals surface area contributed by atoms with Crippen LogP contribution in [0.15, 0.2) is 45.6 Å². The van der Waals surface area contributed by atoms with Gasteiger partial charge in [0.2, 0.25) is 0 Å². The van der Waals surface area contributed by atoms with E-state index in [0.717, 1.165) is 36.4 Å². The van der Waals surface area contributed by atoms with E-state index in [4.69, 9.17) is 16.0 Å². The van der Waals surface area contributed by atoms with Crippen molar-refractivity contribution in [3.05, 3.63) is 63.6 Å². The van der Waals surface area contributed by atoms with Crippen LogP contribution >= 0.6 is 11.6 Å². The topological polar surface area (TPSA) is 57.3 Å². The normalized spacial score (nSPS) is 11.6. The molecule has 1 aromatic heterocycles. The van der Waals surface area contributed by atoms with Gasteiger partial charge < -0.3 is 9.15 Å². The molecule has 0 radical (unpaired) electrons. The maximum Gasteiger partial charge on any atom is 0.573 e. The predicted molar refractivity (Wildman–Crippen MR) is 79.1 cm³/mol. The molecule has 26 heavy (non-hydrogen) atoms. The Morgan fingerprint density at radius 1 is 1.12 bits per heavy atom. The number of hydrogen-bond donors (Lipinski definition) is 0. The highest BCUT2D eigenvalue weighted by Crippen LogP contribution is 2.30. The molecular formula is C15H6ClF5N2O3. The third-order valence-electron chi connectivity index (χ3n) is 3.11. The number of nitrogens with zero attached hydrogens (tertiary/aromatic N) is 2. The van der Waals surface area contributed by atoms with Gasteiger partial charge in [0, 0.05) is 6.07 Å². The molecule has 0 aliphatic carbocycles. The molecule has 0 N–H and O–H groups in total. The van der Waals surface area contributed by atoms with Crippen LogP contribution in [-0.2, 0) is 0 Å². The fraction of sp³-hybridized carbons (Fsp3) is 0.0667. The lowest BCUT2D eigenvalue weighted by atomic mass is 10.2. The highest BCUT2D eigenvalue weighted by atomic mass is 35.5. The quantitative estimate of drug-likeness (QED) is 0.623. The summed E-state index contributed by atoms with van der Waals surface area (Å²) in [6.45, 7) is 0. The fourth-order valence-corrected chi connectivity index (χ4v) is 2.34. The summed E-state index contributed by atoms with van der Waals surface area (Å²) in [7, 11) is 0. The summed E-state index contributed by atoms with van der Waals surface area (Å²) < 4.78 is 73.1. The molecule has 1 heterocycles. The van der Waals surface area contributed by atoms with Gasteiger partial charge in [-0.25, -0.2) is 13.6 Å². The zero-order valence-electron chi connectivity index (χ0n) is 12.4. The molecule has 3 aromatic rings. The van der Waals surface area contributed by atoms with Gasteiger partial charge in [0.15, 0.2) is 0 Å². The Morgan fingerprint density at radius 2 is 1.77 bits per heavy atom. The Bertz CT molecular complexity index is 1010. The van der Waals surface area contributed by atoms with Crippen LogP contribution in [-0.4, -0.2) is 16.1 Å². The van der Waals surface area contributed by atoms with Crippen molar-refractivity contribution in [1.29, 1.82) is 0 Å². The maximum absolute atomic E-state index is 13.8. The summed E-state index contributed by atoms with van der Waals surface area (Å²) >= 11 is 5.85. The van der Waals surface area contributed by atoms with Crippen molar-refractivity contribution in [1.82, 2.24) is 9.78 Å². The molecule has 0 bridgehead atoms. The third kappa shape index (κ3) is 3.54. The molecule has 0 fully saturated rings. The van der Waals surface area contributed by atoms with E-state index in [0.29, 0.717) is 4.68 Å². The Hall–Kier alpha value is -2.88. The number of halogens is 6. The Kier molecular flexibility index (Phi) is 4.45. The van der Waals surface area contributed by atoms with Gasteiger partial charge in [0.1, 0.15) is 22.9 Å². The average Bonchev–Trinajstić information content (AvgIpc) is 2.87. The van der Waals surface area contributed by atoms with Crippen LogP contribution in [0.25, 0.3) is 17.1 Å². The van der Waals surface area contributed by atoms with E-state index in [2.05, 4.69) is 9.84 Å². The number of aromatic nitrogens is 2. The number of alkyl halides is 3. The molecule has 11 heteroatoms. The summed E-state index contributed by atoms with van der Waals surface area (Å²) in [5.41, 5.74) is -0.838. The Labute approximate surface area is 146 Å². The first-order valence-electron chi connectivity index (χ1n) is 6.76. The zero-order chi connectivity index (χ0) is 19.1. The summed E-state index contributed by atoms with van der Waals surface area (Å²) in [4.78, 5) is 11.9. The minimum Gasteiger partial charge on any atom is -0.406 e. The van der Waals surface area contributed by atoms with Crippen LogP contribution in [0.2, 0.25) is 5.02 Å². The summed E-state index contributed by atoms with van der Waals surface area (Å²) in [6.07, 6.45) is -4.93. The molecule has 136 valence electrons. The van der Waals surface area contributed by atoms with E-state index in [1.165, 1.54) is 0 Å². The first-order chi connectivity index (χ1) is 12.2. The van der Waals surface area contributed by atoms with Crippen LogP contribution in [0.5, 0.6) is 5.75 Å². The van der Waals surface area contributed by atoms with E-state index in [1.807, 2.05) is 0 Å². The van der Waals surface area contributed by atoms with Crippen molar-refractivity contribution in [3.8, 4) is 22.9 Å². The average molecular weight is 393 g/mol. The van der Waals surface area contributed by atoms with Crippen LogP contribution in [0.3, 0.4) is 0 Å². The molecule has 0 saturated carbocycles. The van der Waals surface area contributed by atoms with Crippen molar-refractivity contribution in [3.63, 3.8) is 0 Å². The van der Waals surface area contributed by atoms with Crippen molar-refractivity contribution in [2.45, 2.75) is 6.36 Å². The van der Waals surface area contributed by atoms with Crippen LogP contribution in [0.4, 0.5) is 22.0 Å². The molecule has 0 unspecified atom stereocenters. The standard InChI is InChI=1S/C15H6ClF5N2O3/c16-8-6-7(26-15(19,20)21)4-5-11(8)23-14(24)25-13(22-23)12-9(17)2-1-3-10(12)18/h1-6H. The third-order valence-corrected chi connectivity index (χ3v) is 3.41. The number of ether oxygens (including phenoxy) is 1. The predicted octanol–water partition coefficient (Wildman–Crippen LogP) is 4.32. The molecule has 3 rings (SSSR count). The lowest BCUT2D eigenvalue weighted by Crippen LogP contribution is -2.17. The number of benzene rings is 2. The Balaban J connectivity index is 2.04. The van der Waals surface area contributed by atoms with E-state index >= 15 is 0 Å². The molecule has 0 amide bonds. The van der Waals surface area contributed by atoms with Gasteiger partial charge in [0.05, 0.1) is 10.7 Å². The van der Waals surface area contributed by atoms with Gasteiger partial charge in [-0.1, -0.05) is 17.7 Å². The number of rotatable bonds is 3. The second kappa shape index (κ2) is 6.45.